The monoisotopic (exact) mass is 402 g/mol. The summed E-state index contributed by atoms with van der Waals surface area (Å²) in [6.07, 6.45) is 0.609. The number of thioether (sulfide) groups is 1. The van der Waals surface area contributed by atoms with Crippen molar-refractivity contribution in [3.05, 3.63) is 34.3 Å². The fourth-order valence-electron chi connectivity index (χ4n) is 4.94. The molecule has 2 N–H and O–H groups in total. The zero-order chi connectivity index (χ0) is 17.2. The van der Waals surface area contributed by atoms with E-state index < -0.39 is 21.3 Å². The minimum absolute atomic E-state index is 0.228. The maximum atomic E-state index is 10.3. The van der Waals surface area contributed by atoms with Gasteiger partial charge in [-0.05, 0) is 24.1 Å². The maximum absolute atomic E-state index is 10.3. The smallest absolute Gasteiger partial charge is 0.231 e. The molecular formula is C17H15BrN4OS. The standard InChI is InChI=1S/C17H15BrN4OS/c1-2-14(11-3-5-12(18)6-4-11)15(9-19)13(21)22-17(16(14,15)10-20)23-7-8-24-17/h3-6H,2,7-8H2,1H3,(H2,21,22)/t14-,15-,16+,17+/m0/s1. The molecule has 1 aromatic carbocycles. The molecule has 0 aromatic heterocycles. The first-order chi connectivity index (χ1) is 11.5. The molecule has 3 aliphatic rings. The number of benzene rings is 1. The average Bonchev–Trinajstić information content (AvgIpc) is 2.81. The summed E-state index contributed by atoms with van der Waals surface area (Å²) in [6.45, 7) is 2.51. The number of hydrogen-bond acceptors (Lipinski definition) is 6. The van der Waals surface area contributed by atoms with Crippen LogP contribution >= 0.6 is 27.7 Å². The van der Waals surface area contributed by atoms with Crippen molar-refractivity contribution < 1.29 is 4.74 Å². The highest BCUT2D eigenvalue weighted by atomic mass is 79.9. The van der Waals surface area contributed by atoms with E-state index in [-0.39, 0.29) is 5.84 Å². The van der Waals surface area contributed by atoms with Gasteiger partial charge in [-0.15, -0.1) is 0 Å². The van der Waals surface area contributed by atoms with E-state index in [1.165, 1.54) is 11.8 Å². The zero-order valence-electron chi connectivity index (χ0n) is 13.0. The van der Waals surface area contributed by atoms with Crippen LogP contribution < -0.4 is 5.73 Å². The van der Waals surface area contributed by atoms with Crippen LogP contribution in [-0.4, -0.2) is 23.3 Å². The van der Waals surface area contributed by atoms with E-state index in [0.29, 0.717) is 13.0 Å². The third-order valence-electron chi connectivity index (χ3n) is 5.79. The van der Waals surface area contributed by atoms with Gasteiger partial charge >= 0.3 is 0 Å². The van der Waals surface area contributed by atoms with Crippen molar-refractivity contribution in [2.24, 2.45) is 21.6 Å². The van der Waals surface area contributed by atoms with E-state index in [1.807, 2.05) is 31.2 Å². The van der Waals surface area contributed by atoms with Gasteiger partial charge in [0, 0.05) is 15.6 Å². The van der Waals surface area contributed by atoms with Crippen molar-refractivity contribution in [3.63, 3.8) is 0 Å². The van der Waals surface area contributed by atoms with Crippen molar-refractivity contribution in [3.8, 4) is 12.1 Å². The molecule has 1 aliphatic carbocycles. The minimum atomic E-state index is -1.14. The van der Waals surface area contributed by atoms with Crippen molar-refractivity contribution in [1.82, 2.24) is 0 Å². The molecule has 2 aliphatic heterocycles. The molecular weight excluding hydrogens is 388 g/mol. The van der Waals surface area contributed by atoms with Gasteiger partial charge in [-0.1, -0.05) is 46.7 Å². The Labute approximate surface area is 153 Å². The molecule has 0 bridgehead atoms. The number of nitrogens with two attached hydrogens (primary N) is 1. The predicted molar refractivity (Wildman–Crippen MR) is 95.0 cm³/mol. The molecule has 0 unspecified atom stereocenters. The first-order valence-corrected chi connectivity index (χ1v) is 9.52. The van der Waals surface area contributed by atoms with Crippen molar-refractivity contribution in [2.45, 2.75) is 23.8 Å². The second-order valence-corrected chi connectivity index (χ2v) is 8.43. The topological polar surface area (TPSA) is 95.2 Å². The summed E-state index contributed by atoms with van der Waals surface area (Å²) in [5, 5.41) is 19.3. The first-order valence-electron chi connectivity index (χ1n) is 7.74. The van der Waals surface area contributed by atoms with Crippen LogP contribution in [0, 0.1) is 33.5 Å². The lowest BCUT2D eigenvalue weighted by atomic mass is 9.81. The van der Waals surface area contributed by atoms with Gasteiger partial charge in [0.25, 0.3) is 0 Å². The van der Waals surface area contributed by atoms with Crippen LogP contribution in [0.15, 0.2) is 33.7 Å². The van der Waals surface area contributed by atoms with Gasteiger partial charge in [-0.25, -0.2) is 4.99 Å². The molecule has 1 spiro atoms. The summed E-state index contributed by atoms with van der Waals surface area (Å²) in [4.78, 5) is 4.50. The van der Waals surface area contributed by atoms with Crippen LogP contribution in [0.5, 0.6) is 0 Å². The van der Waals surface area contributed by atoms with Crippen LogP contribution in [0.1, 0.15) is 18.9 Å². The quantitative estimate of drug-likeness (QED) is 0.819. The van der Waals surface area contributed by atoms with Crippen LogP contribution in [0.4, 0.5) is 0 Å². The molecule has 1 aromatic rings. The lowest BCUT2D eigenvalue weighted by Crippen LogP contribution is -2.39. The summed E-state index contributed by atoms with van der Waals surface area (Å²) in [6, 6.07) is 12.6. The van der Waals surface area contributed by atoms with E-state index in [0.717, 1.165) is 15.8 Å². The molecule has 0 amide bonds. The molecule has 4 atom stereocenters. The normalized spacial score (nSPS) is 42.2. The van der Waals surface area contributed by atoms with Crippen molar-refractivity contribution in [2.75, 3.05) is 12.4 Å². The largest absolute Gasteiger partial charge is 0.386 e. The third kappa shape index (κ3) is 1.29. The third-order valence-corrected chi connectivity index (χ3v) is 7.59. The highest BCUT2D eigenvalue weighted by Gasteiger charge is 3.00. The summed E-state index contributed by atoms with van der Waals surface area (Å²) in [7, 11) is 0. The number of ether oxygens (including phenoxy) is 1. The number of hydrogen-bond donors (Lipinski definition) is 1. The first kappa shape index (κ1) is 16.0. The molecule has 2 fully saturated rings. The van der Waals surface area contributed by atoms with E-state index in [4.69, 9.17) is 10.5 Å². The number of nitrogens with zero attached hydrogens (tertiary/aromatic N) is 3. The molecule has 7 heteroatoms. The Hall–Kier alpha value is -1.54. The SMILES string of the molecule is CC[C@]1(c2ccc(Br)cc2)[C@]2(C#N)C(N)=N[C@@]3(OCCS3)[C@@]21C#N. The lowest BCUT2D eigenvalue weighted by molar-refractivity contribution is 0.0137. The Morgan fingerprint density at radius 3 is 2.54 bits per heavy atom. The molecule has 24 heavy (non-hydrogen) atoms. The molecule has 122 valence electrons. The molecule has 4 rings (SSSR count). The van der Waals surface area contributed by atoms with Gasteiger partial charge in [0.05, 0.1) is 18.7 Å². The lowest BCUT2D eigenvalue weighted by Gasteiger charge is -2.31. The Morgan fingerprint density at radius 1 is 1.33 bits per heavy atom. The van der Waals surface area contributed by atoms with E-state index in [2.05, 4.69) is 33.1 Å². The number of halogens is 1. The number of amidine groups is 1. The summed E-state index contributed by atoms with van der Waals surface area (Å²) >= 11 is 4.93. The van der Waals surface area contributed by atoms with E-state index in [1.54, 1.807) is 0 Å². The number of rotatable bonds is 2. The van der Waals surface area contributed by atoms with Crippen LogP contribution in [-0.2, 0) is 10.2 Å². The van der Waals surface area contributed by atoms with Crippen LogP contribution in [0.3, 0.4) is 0 Å². The fraction of sp³-hybridized carbons (Fsp3) is 0.471. The van der Waals surface area contributed by atoms with Crippen LogP contribution in [0.2, 0.25) is 0 Å². The highest BCUT2D eigenvalue weighted by Crippen LogP contribution is 2.88. The van der Waals surface area contributed by atoms with Gasteiger partial charge in [0.2, 0.25) is 5.06 Å². The molecule has 0 radical (unpaired) electrons. The molecule has 5 nitrogen and oxygen atoms in total. The maximum Gasteiger partial charge on any atom is 0.231 e. The van der Waals surface area contributed by atoms with Gasteiger partial charge in [0.15, 0.2) is 10.8 Å². The summed E-state index contributed by atoms with van der Waals surface area (Å²) in [5.74, 6) is 0.965. The number of fused-ring (bicyclic) bond motifs is 2. The Bertz CT molecular complexity index is 836. The van der Waals surface area contributed by atoms with Gasteiger partial charge in [-0.2, -0.15) is 10.5 Å². The predicted octanol–water partition coefficient (Wildman–Crippen LogP) is 2.92. The Morgan fingerprint density at radius 2 is 2.04 bits per heavy atom. The fourth-order valence-corrected chi connectivity index (χ4v) is 6.57. The highest BCUT2D eigenvalue weighted by molar-refractivity contribution is 9.10. The van der Waals surface area contributed by atoms with Gasteiger partial charge in [-0.3, -0.25) is 0 Å². The minimum Gasteiger partial charge on any atom is -0.386 e. The average molecular weight is 403 g/mol. The Balaban J connectivity index is 2.03. The van der Waals surface area contributed by atoms with Crippen molar-refractivity contribution >= 4 is 33.5 Å². The second-order valence-electron chi connectivity index (χ2n) is 6.27. The molecule has 1 saturated carbocycles. The molecule has 1 saturated heterocycles. The van der Waals surface area contributed by atoms with Crippen molar-refractivity contribution in [1.29, 1.82) is 10.5 Å². The van der Waals surface area contributed by atoms with Gasteiger partial charge < -0.3 is 10.5 Å². The summed E-state index contributed by atoms with van der Waals surface area (Å²) in [5.41, 5.74) is 4.25. The van der Waals surface area contributed by atoms with E-state index >= 15 is 0 Å². The second kappa shape index (κ2) is 4.76. The number of aliphatic imine (C=N–C) groups is 1. The Kier molecular flexibility index (Phi) is 3.16. The van der Waals surface area contributed by atoms with Gasteiger partial charge in [0.1, 0.15) is 5.84 Å². The molecule has 2 heterocycles. The number of nitriles is 2. The van der Waals surface area contributed by atoms with Crippen LogP contribution in [0.25, 0.3) is 0 Å². The zero-order valence-corrected chi connectivity index (χ0v) is 15.4. The van der Waals surface area contributed by atoms with E-state index in [9.17, 15) is 10.5 Å². The summed E-state index contributed by atoms with van der Waals surface area (Å²) < 4.78 is 6.91.